The van der Waals surface area contributed by atoms with Gasteiger partial charge in [0.05, 0.1) is 40.3 Å². The van der Waals surface area contributed by atoms with E-state index >= 15 is 0 Å². The smallest absolute Gasteiger partial charge is 0.262 e. The number of anilines is 1. The van der Waals surface area contributed by atoms with E-state index in [9.17, 15) is 14.1 Å². The molecule has 1 unspecified atom stereocenters. The van der Waals surface area contributed by atoms with E-state index in [0.717, 1.165) is 61.7 Å². The Balaban J connectivity index is 1.41. The number of fused-ring (bicyclic) bond motifs is 4. The maximum Gasteiger partial charge on any atom is 0.262 e. The zero-order valence-corrected chi connectivity index (χ0v) is 29.0. The molecular weight excluding hydrogens is 620 g/mol. The lowest BCUT2D eigenvalue weighted by molar-refractivity contribution is -0.0771. The third-order valence-corrected chi connectivity index (χ3v) is 12.9. The van der Waals surface area contributed by atoms with Crippen LogP contribution in [0.2, 0.25) is 5.02 Å². The number of allylic oxidation sites excluding steroid dienone is 1. The first-order valence-corrected chi connectivity index (χ1v) is 19.0. The van der Waals surface area contributed by atoms with Crippen molar-refractivity contribution >= 4 is 38.8 Å². The third kappa shape index (κ3) is 7.01. The molecule has 2 N–H and O–H groups in total. The van der Waals surface area contributed by atoms with Crippen LogP contribution in [0, 0.1) is 11.8 Å². The molecule has 2 bridgehead atoms. The molecular formula is C37H49ClN2O5S. The number of benzene rings is 2. The molecule has 1 fully saturated rings. The Morgan fingerprint density at radius 2 is 2.04 bits per heavy atom. The van der Waals surface area contributed by atoms with Crippen molar-refractivity contribution < 1.29 is 23.6 Å². The van der Waals surface area contributed by atoms with Gasteiger partial charge in [-0.3, -0.25) is 9.52 Å². The Morgan fingerprint density at radius 1 is 1.22 bits per heavy atom. The van der Waals surface area contributed by atoms with E-state index in [1.165, 1.54) is 11.1 Å². The fraction of sp³-hybridized carbons (Fsp3) is 0.568. The highest BCUT2D eigenvalue weighted by molar-refractivity contribution is 7.99. The van der Waals surface area contributed by atoms with Crippen LogP contribution in [0.25, 0.3) is 0 Å². The van der Waals surface area contributed by atoms with E-state index in [1.807, 2.05) is 25.1 Å². The Kier molecular flexibility index (Phi) is 9.56. The summed E-state index contributed by atoms with van der Waals surface area (Å²) < 4.78 is 29.7. The average molecular weight is 669 g/mol. The molecule has 46 heavy (non-hydrogen) atoms. The molecule has 2 aromatic rings. The van der Waals surface area contributed by atoms with Gasteiger partial charge in [0.15, 0.2) is 0 Å². The maximum atomic E-state index is 13.8. The van der Waals surface area contributed by atoms with Crippen LogP contribution < -0.4 is 14.4 Å². The van der Waals surface area contributed by atoms with Crippen LogP contribution in [0.5, 0.6) is 5.75 Å². The lowest BCUT2D eigenvalue weighted by Crippen LogP contribution is -2.50. The summed E-state index contributed by atoms with van der Waals surface area (Å²) in [5, 5.41) is 11.0. The molecule has 2 aromatic carbocycles. The minimum atomic E-state index is -2.90. The van der Waals surface area contributed by atoms with Crippen molar-refractivity contribution in [1.29, 1.82) is 0 Å². The summed E-state index contributed by atoms with van der Waals surface area (Å²) in [7, 11) is -2.90. The first kappa shape index (κ1) is 33.4. The molecule has 4 aliphatic rings. The van der Waals surface area contributed by atoms with Gasteiger partial charge in [0.1, 0.15) is 5.75 Å². The van der Waals surface area contributed by atoms with Gasteiger partial charge < -0.3 is 19.5 Å². The highest BCUT2D eigenvalue weighted by Crippen LogP contribution is 2.47. The quantitative estimate of drug-likeness (QED) is 0.286. The minimum Gasteiger partial charge on any atom is -0.490 e. The second kappa shape index (κ2) is 13.2. The van der Waals surface area contributed by atoms with Crippen molar-refractivity contribution in [2.75, 3.05) is 31.2 Å². The van der Waals surface area contributed by atoms with Gasteiger partial charge in [-0.05, 0) is 124 Å². The number of aryl methyl sites for hydroxylation is 1. The van der Waals surface area contributed by atoms with Crippen LogP contribution in [0.15, 0.2) is 48.6 Å². The molecule has 1 spiro atoms. The third-order valence-electron chi connectivity index (χ3n) is 10.5. The summed E-state index contributed by atoms with van der Waals surface area (Å²) in [6.07, 6.45) is 11.3. The summed E-state index contributed by atoms with van der Waals surface area (Å²) in [5.74, 6) is 5.04. The number of nitrogens with one attached hydrogen (secondary N) is 1. The predicted molar refractivity (Wildman–Crippen MR) is 188 cm³/mol. The second-order valence-corrected chi connectivity index (χ2v) is 17.3. The topological polar surface area (TPSA) is 88.1 Å². The molecule has 2 heterocycles. The molecule has 0 radical (unpaired) electrons. The molecule has 1 saturated carbocycles. The van der Waals surface area contributed by atoms with Crippen LogP contribution in [0.4, 0.5) is 5.69 Å². The highest BCUT2D eigenvalue weighted by atomic mass is 35.5. The number of hydrogen-bond donors (Lipinski definition) is 2. The molecule has 0 aromatic heterocycles. The van der Waals surface area contributed by atoms with Crippen molar-refractivity contribution in [1.82, 2.24) is 4.72 Å². The number of hydrogen-bond acceptors (Lipinski definition) is 6. The normalized spacial score (nSPS) is 32.3. The fourth-order valence-electron chi connectivity index (χ4n) is 7.89. The van der Waals surface area contributed by atoms with Crippen molar-refractivity contribution in [2.24, 2.45) is 11.8 Å². The number of ether oxygens (including phenoxy) is 2. The highest BCUT2D eigenvalue weighted by Gasteiger charge is 2.44. The number of aliphatic hydroxyl groups is 1. The monoisotopic (exact) mass is 668 g/mol. The van der Waals surface area contributed by atoms with Crippen LogP contribution in [0.3, 0.4) is 0 Å². The molecule has 1 amide bonds. The SMILES string of the molecule is C=S1(=O)NC(=O)c2ccc3c(c2)N(C[C@@H]2CC[C@H]2[C@@H](OCC(C)(C)O)/C=C/CC[C@H]1CC)C[C@@]1(CCCc2cc(Cl)ccc21)CO3. The first-order valence-electron chi connectivity index (χ1n) is 16.9. The van der Waals surface area contributed by atoms with E-state index in [0.29, 0.717) is 37.4 Å². The largest absolute Gasteiger partial charge is 0.490 e. The zero-order valence-electron chi connectivity index (χ0n) is 27.4. The van der Waals surface area contributed by atoms with E-state index in [2.05, 4.69) is 39.8 Å². The molecule has 7 nitrogen and oxygen atoms in total. The van der Waals surface area contributed by atoms with Crippen LogP contribution >= 0.6 is 11.6 Å². The first-order chi connectivity index (χ1) is 21.9. The van der Waals surface area contributed by atoms with Gasteiger partial charge in [-0.15, -0.1) is 0 Å². The maximum absolute atomic E-state index is 13.8. The molecule has 6 atom stereocenters. The molecule has 250 valence electrons. The number of carbonyl (C=O) groups excluding carboxylic acids is 1. The Labute approximate surface area is 279 Å². The summed E-state index contributed by atoms with van der Waals surface area (Å²) >= 11 is 6.45. The van der Waals surface area contributed by atoms with Crippen molar-refractivity contribution in [3.63, 3.8) is 0 Å². The summed E-state index contributed by atoms with van der Waals surface area (Å²) in [4.78, 5) is 16.0. The zero-order chi connectivity index (χ0) is 32.7. The lowest BCUT2D eigenvalue weighted by atomic mass is 9.68. The van der Waals surface area contributed by atoms with Gasteiger partial charge in [-0.1, -0.05) is 36.7 Å². The van der Waals surface area contributed by atoms with Crippen LogP contribution in [0.1, 0.15) is 87.2 Å². The van der Waals surface area contributed by atoms with Gasteiger partial charge in [0.25, 0.3) is 5.91 Å². The number of carbonyl (C=O) groups is 1. The average Bonchev–Trinajstić information content (AvgIpc) is 3.13. The predicted octanol–water partition coefficient (Wildman–Crippen LogP) is 6.49. The summed E-state index contributed by atoms with van der Waals surface area (Å²) in [6.45, 7) is 7.85. The Hall–Kier alpha value is -2.52. The Morgan fingerprint density at radius 3 is 2.78 bits per heavy atom. The van der Waals surface area contributed by atoms with Gasteiger partial charge in [-0.2, -0.15) is 0 Å². The number of amides is 1. The lowest BCUT2D eigenvalue weighted by Gasteiger charge is -2.46. The summed E-state index contributed by atoms with van der Waals surface area (Å²) in [6, 6.07) is 11.8. The van der Waals surface area contributed by atoms with E-state index in [4.69, 9.17) is 21.1 Å². The van der Waals surface area contributed by atoms with Crippen LogP contribution in [-0.4, -0.2) is 64.4 Å². The number of nitrogens with zero attached hydrogens (tertiary/aromatic N) is 1. The van der Waals surface area contributed by atoms with Crippen molar-refractivity contribution in [3.05, 3.63) is 70.3 Å². The summed E-state index contributed by atoms with van der Waals surface area (Å²) in [5.41, 5.74) is 2.75. The standard InChI is InChI=1S/C37H49ClN2O5S/c1-5-29-10-6-7-11-33(44-23-36(2,3)42)30-15-12-27(30)21-40-22-37(18-8-9-25-19-28(38)14-16-31(25)37)24-45-34-17-13-26(20-32(34)40)35(41)39-46(29,4)43/h7,11,13-14,16-17,19-20,27,29-30,33,42H,4-6,8-10,12,15,18,21-24H2,1-3H3,(H,39,41,43)/b11-7+/t27-,29+,30+,33-,37-,46?/m0/s1. The van der Waals surface area contributed by atoms with Gasteiger partial charge in [-0.25, -0.2) is 4.21 Å². The molecule has 6 rings (SSSR count). The van der Waals surface area contributed by atoms with Crippen molar-refractivity contribution in [2.45, 2.75) is 94.5 Å². The second-order valence-electron chi connectivity index (χ2n) is 14.6. The molecule has 9 heteroatoms. The van der Waals surface area contributed by atoms with E-state index < -0.39 is 15.3 Å². The minimum absolute atomic E-state index is 0.137. The van der Waals surface area contributed by atoms with Gasteiger partial charge >= 0.3 is 0 Å². The van der Waals surface area contributed by atoms with Crippen LogP contribution in [-0.2, 0) is 26.3 Å². The number of rotatable bonds is 4. The van der Waals surface area contributed by atoms with Gasteiger partial charge in [0, 0.05) is 34.3 Å². The molecule has 2 aliphatic carbocycles. The van der Waals surface area contributed by atoms with E-state index in [-0.39, 0.29) is 35.2 Å². The van der Waals surface area contributed by atoms with Crippen molar-refractivity contribution in [3.8, 4) is 5.75 Å². The van der Waals surface area contributed by atoms with E-state index in [1.54, 1.807) is 19.9 Å². The fourth-order valence-corrected chi connectivity index (χ4v) is 9.74. The molecule has 0 saturated heterocycles. The Bertz CT molecular complexity index is 1580. The molecule has 2 aliphatic heterocycles. The number of halogens is 1. The van der Waals surface area contributed by atoms with Gasteiger partial charge in [0.2, 0.25) is 0 Å².